The van der Waals surface area contributed by atoms with Crippen molar-refractivity contribution in [2.75, 3.05) is 40.6 Å². The summed E-state index contributed by atoms with van der Waals surface area (Å²) in [5, 5.41) is 4.04. The van der Waals surface area contributed by atoms with Gasteiger partial charge in [0.1, 0.15) is 18.8 Å². The van der Waals surface area contributed by atoms with Crippen LogP contribution >= 0.6 is 0 Å². The first-order chi connectivity index (χ1) is 8.69. The smallest absolute Gasteiger partial charge is 0.345 e. The molecule has 0 saturated carbocycles. The molecule has 0 N–H and O–H groups in total. The van der Waals surface area contributed by atoms with Crippen LogP contribution in [0.5, 0.6) is 5.88 Å². The van der Waals surface area contributed by atoms with E-state index >= 15 is 0 Å². The van der Waals surface area contributed by atoms with Crippen molar-refractivity contribution in [2.24, 2.45) is 7.05 Å². The predicted molar refractivity (Wildman–Crippen MR) is 62.7 cm³/mol. The summed E-state index contributed by atoms with van der Waals surface area (Å²) in [7, 11) is 4.81. The van der Waals surface area contributed by atoms with E-state index in [0.29, 0.717) is 25.4 Å². The number of rotatable bonds is 8. The molecule has 1 aromatic heterocycles. The van der Waals surface area contributed by atoms with Crippen molar-refractivity contribution in [3.63, 3.8) is 0 Å². The highest BCUT2D eigenvalue weighted by Gasteiger charge is 2.18. The predicted octanol–water partition coefficient (Wildman–Crippen LogP) is 0.248. The monoisotopic (exact) mass is 258 g/mol. The van der Waals surface area contributed by atoms with E-state index in [1.807, 2.05) is 0 Å². The van der Waals surface area contributed by atoms with Crippen LogP contribution in [0, 0.1) is 0 Å². The average Bonchev–Trinajstić information content (AvgIpc) is 2.71. The van der Waals surface area contributed by atoms with Crippen LogP contribution in [0.15, 0.2) is 6.20 Å². The van der Waals surface area contributed by atoms with Crippen LogP contribution in [0.3, 0.4) is 0 Å². The topological polar surface area (TPSA) is 71.8 Å². The summed E-state index contributed by atoms with van der Waals surface area (Å²) < 4.78 is 21.5. The van der Waals surface area contributed by atoms with Gasteiger partial charge in [0.25, 0.3) is 0 Å². The number of hydrogen-bond donors (Lipinski definition) is 0. The van der Waals surface area contributed by atoms with Crippen molar-refractivity contribution in [2.45, 2.75) is 0 Å². The SMILES string of the molecule is COCCOC(=O)c1cn(C)nc1OCCOC. The number of aryl methyl sites for hydroxylation is 1. The van der Waals surface area contributed by atoms with E-state index in [0.717, 1.165) is 0 Å². The summed E-state index contributed by atoms with van der Waals surface area (Å²) in [5.74, 6) is -0.232. The lowest BCUT2D eigenvalue weighted by atomic mass is 10.3. The van der Waals surface area contributed by atoms with Gasteiger partial charge in [-0.2, -0.15) is 0 Å². The lowest BCUT2D eigenvalue weighted by Gasteiger charge is -2.05. The summed E-state index contributed by atoms with van der Waals surface area (Å²) in [5.41, 5.74) is 0.296. The molecule has 0 amide bonds. The number of esters is 1. The van der Waals surface area contributed by atoms with Crippen molar-refractivity contribution < 1.29 is 23.7 Å². The highest BCUT2D eigenvalue weighted by molar-refractivity contribution is 5.91. The molecular formula is C11H18N2O5. The van der Waals surface area contributed by atoms with E-state index in [9.17, 15) is 4.79 Å². The number of aromatic nitrogens is 2. The van der Waals surface area contributed by atoms with E-state index < -0.39 is 5.97 Å². The molecule has 1 rings (SSSR count). The van der Waals surface area contributed by atoms with Crippen LogP contribution in [-0.2, 0) is 21.3 Å². The normalized spacial score (nSPS) is 10.4. The van der Waals surface area contributed by atoms with Crippen molar-refractivity contribution in [3.8, 4) is 5.88 Å². The fourth-order valence-electron chi connectivity index (χ4n) is 1.23. The standard InChI is InChI=1S/C11H18N2O5/c1-13-8-9(11(14)18-7-5-16-3)10(12-13)17-6-4-15-2/h8H,4-7H2,1-3H3. The first kappa shape index (κ1) is 14.5. The Hall–Kier alpha value is -1.60. The quantitative estimate of drug-likeness (QED) is 0.491. The molecule has 0 saturated heterocycles. The zero-order valence-corrected chi connectivity index (χ0v) is 10.8. The minimum absolute atomic E-state index is 0.196. The Bertz CT molecular complexity index is 378. The Kier molecular flexibility index (Phi) is 6.16. The number of nitrogens with zero attached hydrogens (tertiary/aromatic N) is 2. The summed E-state index contributed by atoms with van der Waals surface area (Å²) in [6.07, 6.45) is 1.55. The zero-order chi connectivity index (χ0) is 13.4. The Morgan fingerprint density at radius 3 is 2.56 bits per heavy atom. The highest BCUT2D eigenvalue weighted by Crippen LogP contribution is 2.16. The van der Waals surface area contributed by atoms with Gasteiger partial charge in [-0.3, -0.25) is 4.68 Å². The van der Waals surface area contributed by atoms with Crippen molar-refractivity contribution >= 4 is 5.97 Å². The molecule has 102 valence electrons. The average molecular weight is 258 g/mol. The minimum atomic E-state index is -0.479. The van der Waals surface area contributed by atoms with E-state index in [2.05, 4.69) is 5.10 Å². The molecule has 7 nitrogen and oxygen atoms in total. The second-order valence-corrected chi connectivity index (χ2v) is 3.49. The first-order valence-electron chi connectivity index (χ1n) is 5.50. The minimum Gasteiger partial charge on any atom is -0.474 e. The van der Waals surface area contributed by atoms with Crippen LogP contribution in [-0.4, -0.2) is 56.4 Å². The largest absolute Gasteiger partial charge is 0.474 e. The third-order valence-corrected chi connectivity index (χ3v) is 2.06. The van der Waals surface area contributed by atoms with Gasteiger partial charge in [-0.15, -0.1) is 5.10 Å². The molecule has 0 aromatic carbocycles. The van der Waals surface area contributed by atoms with Gasteiger partial charge in [-0.1, -0.05) is 0 Å². The number of carbonyl (C=O) groups is 1. The Morgan fingerprint density at radius 1 is 1.22 bits per heavy atom. The fourth-order valence-corrected chi connectivity index (χ4v) is 1.23. The molecule has 1 aromatic rings. The van der Waals surface area contributed by atoms with Gasteiger partial charge in [0, 0.05) is 27.5 Å². The second-order valence-electron chi connectivity index (χ2n) is 3.49. The van der Waals surface area contributed by atoms with E-state index in [1.165, 1.54) is 11.8 Å². The van der Waals surface area contributed by atoms with E-state index in [4.69, 9.17) is 18.9 Å². The Balaban J connectivity index is 2.59. The van der Waals surface area contributed by atoms with Crippen LogP contribution < -0.4 is 4.74 Å². The summed E-state index contributed by atoms with van der Waals surface area (Å²) in [4.78, 5) is 11.7. The number of methoxy groups -OCH3 is 2. The van der Waals surface area contributed by atoms with Gasteiger partial charge in [0.05, 0.1) is 13.2 Å². The van der Waals surface area contributed by atoms with Gasteiger partial charge in [-0.25, -0.2) is 4.79 Å². The van der Waals surface area contributed by atoms with Crippen LogP contribution in [0.2, 0.25) is 0 Å². The molecule has 0 radical (unpaired) electrons. The maximum Gasteiger partial charge on any atom is 0.345 e. The second kappa shape index (κ2) is 7.67. The summed E-state index contributed by atoms with van der Waals surface area (Å²) in [6, 6.07) is 0. The van der Waals surface area contributed by atoms with E-state index in [-0.39, 0.29) is 12.5 Å². The summed E-state index contributed by atoms with van der Waals surface area (Å²) in [6.45, 7) is 1.30. The van der Waals surface area contributed by atoms with Crippen molar-refractivity contribution in [1.82, 2.24) is 9.78 Å². The third-order valence-electron chi connectivity index (χ3n) is 2.06. The maximum absolute atomic E-state index is 11.7. The third kappa shape index (κ3) is 4.34. The van der Waals surface area contributed by atoms with Crippen molar-refractivity contribution in [1.29, 1.82) is 0 Å². The Labute approximate surface area is 106 Å². The molecule has 1 heterocycles. The molecule has 0 fully saturated rings. The van der Waals surface area contributed by atoms with Gasteiger partial charge in [-0.05, 0) is 0 Å². The number of carbonyl (C=O) groups excluding carboxylic acids is 1. The molecule has 0 spiro atoms. The lowest BCUT2D eigenvalue weighted by molar-refractivity contribution is 0.0382. The van der Waals surface area contributed by atoms with Crippen LogP contribution in [0.25, 0.3) is 0 Å². The van der Waals surface area contributed by atoms with Gasteiger partial charge >= 0.3 is 5.97 Å². The molecule has 0 bridgehead atoms. The van der Waals surface area contributed by atoms with Crippen molar-refractivity contribution in [3.05, 3.63) is 11.8 Å². The summed E-state index contributed by atoms with van der Waals surface area (Å²) >= 11 is 0. The molecule has 0 aliphatic rings. The van der Waals surface area contributed by atoms with Crippen LogP contribution in [0.1, 0.15) is 10.4 Å². The fraction of sp³-hybridized carbons (Fsp3) is 0.636. The van der Waals surface area contributed by atoms with Crippen LogP contribution in [0.4, 0.5) is 0 Å². The molecular weight excluding hydrogens is 240 g/mol. The molecule has 0 aliphatic carbocycles. The number of ether oxygens (including phenoxy) is 4. The molecule has 7 heteroatoms. The molecule has 0 aliphatic heterocycles. The maximum atomic E-state index is 11.7. The van der Waals surface area contributed by atoms with Gasteiger partial charge in [0.2, 0.25) is 5.88 Å². The zero-order valence-electron chi connectivity index (χ0n) is 10.8. The highest BCUT2D eigenvalue weighted by atomic mass is 16.6. The van der Waals surface area contributed by atoms with Gasteiger partial charge < -0.3 is 18.9 Å². The lowest BCUT2D eigenvalue weighted by Crippen LogP contribution is -2.12. The molecule has 18 heavy (non-hydrogen) atoms. The number of hydrogen-bond acceptors (Lipinski definition) is 6. The van der Waals surface area contributed by atoms with E-state index in [1.54, 1.807) is 20.4 Å². The Morgan fingerprint density at radius 2 is 1.89 bits per heavy atom. The first-order valence-corrected chi connectivity index (χ1v) is 5.50. The molecule has 0 unspecified atom stereocenters. The molecule has 0 atom stereocenters. The van der Waals surface area contributed by atoms with Gasteiger partial charge in [0.15, 0.2) is 0 Å².